The summed E-state index contributed by atoms with van der Waals surface area (Å²) in [7, 11) is -4.36. The Labute approximate surface area is 97.9 Å². The number of alkyl halides is 2. The van der Waals surface area contributed by atoms with Gasteiger partial charge in [0.15, 0.2) is 0 Å². The fraction of sp³-hybridized carbons (Fsp3) is 1.00. The quantitative estimate of drug-likeness (QED) is 0.385. The van der Waals surface area contributed by atoms with Crippen LogP contribution < -0.4 is 29.6 Å². The predicted octanol–water partition coefficient (Wildman–Crippen LogP) is -1.89. The fourth-order valence-electron chi connectivity index (χ4n) is 1.30. The molecule has 0 amide bonds. The van der Waals surface area contributed by atoms with Gasteiger partial charge in [-0.2, -0.15) is 0 Å². The maximum atomic E-state index is 12.5. The van der Waals surface area contributed by atoms with Crippen molar-refractivity contribution < 1.29 is 51.3 Å². The first kappa shape index (κ1) is 13.8. The second kappa shape index (κ2) is 4.53. The van der Waals surface area contributed by atoms with Crippen molar-refractivity contribution in [1.82, 2.24) is 0 Å². The third-order valence-electron chi connectivity index (χ3n) is 2.07. The normalized spacial score (nSPS) is 23.6. The zero-order chi connectivity index (χ0) is 9.41. The van der Waals surface area contributed by atoms with Gasteiger partial charge in [0.2, 0.25) is 5.92 Å². The molecule has 0 aromatic rings. The van der Waals surface area contributed by atoms with Gasteiger partial charge in [0.25, 0.3) is 0 Å². The van der Waals surface area contributed by atoms with Crippen LogP contribution in [0.5, 0.6) is 0 Å². The van der Waals surface area contributed by atoms with Crippen LogP contribution >= 0.6 is 0 Å². The topological polar surface area (TPSA) is 57.2 Å². The molecule has 0 N–H and O–H groups in total. The van der Waals surface area contributed by atoms with Crippen LogP contribution in [-0.2, 0) is 10.1 Å². The van der Waals surface area contributed by atoms with Crippen LogP contribution in [0.15, 0.2) is 0 Å². The third-order valence-corrected chi connectivity index (χ3v) is 3.36. The maximum absolute atomic E-state index is 12.5. The number of hydrogen-bond donors (Lipinski definition) is 0. The summed E-state index contributed by atoms with van der Waals surface area (Å²) in [6, 6.07) is 0. The Balaban J connectivity index is 0.00000144. The standard InChI is InChI=1S/C6H10F2O3S.Na/c7-6(8)3-1-5(2-4-6)12(9,10)11;/h5H,1-4H2,(H,9,10,11);/q;+1/p-1. The summed E-state index contributed by atoms with van der Waals surface area (Å²) < 4.78 is 56.1. The van der Waals surface area contributed by atoms with E-state index in [1.807, 2.05) is 0 Å². The van der Waals surface area contributed by atoms with Crippen molar-refractivity contribution in [2.75, 3.05) is 0 Å². The van der Waals surface area contributed by atoms with Gasteiger partial charge >= 0.3 is 29.6 Å². The van der Waals surface area contributed by atoms with Crippen molar-refractivity contribution >= 4 is 10.1 Å². The Bertz CT molecular complexity index is 255. The molecule has 1 saturated carbocycles. The van der Waals surface area contributed by atoms with E-state index in [1.165, 1.54) is 0 Å². The van der Waals surface area contributed by atoms with E-state index >= 15 is 0 Å². The van der Waals surface area contributed by atoms with E-state index in [2.05, 4.69) is 0 Å². The third kappa shape index (κ3) is 4.20. The molecule has 1 aliphatic carbocycles. The molecule has 0 aromatic heterocycles. The second-order valence-electron chi connectivity index (χ2n) is 3.05. The largest absolute Gasteiger partial charge is 1.00 e. The van der Waals surface area contributed by atoms with Crippen molar-refractivity contribution in [2.24, 2.45) is 0 Å². The molecule has 1 rings (SSSR count). The van der Waals surface area contributed by atoms with Crippen LogP contribution in [0.3, 0.4) is 0 Å². The van der Waals surface area contributed by atoms with Gasteiger partial charge in [-0.25, -0.2) is 17.2 Å². The van der Waals surface area contributed by atoms with Gasteiger partial charge in [0.05, 0.1) is 10.1 Å². The molecule has 0 bridgehead atoms. The van der Waals surface area contributed by atoms with E-state index in [1.54, 1.807) is 0 Å². The molecule has 0 aliphatic heterocycles. The van der Waals surface area contributed by atoms with Gasteiger partial charge in [-0.3, -0.25) is 0 Å². The average molecular weight is 222 g/mol. The first-order valence-corrected chi connectivity index (χ1v) is 5.11. The van der Waals surface area contributed by atoms with Gasteiger partial charge < -0.3 is 4.55 Å². The molecule has 0 saturated heterocycles. The summed E-state index contributed by atoms with van der Waals surface area (Å²) >= 11 is 0. The fourth-order valence-corrected chi connectivity index (χ4v) is 2.12. The molecule has 0 heterocycles. The molecule has 13 heavy (non-hydrogen) atoms. The molecule has 0 unspecified atom stereocenters. The van der Waals surface area contributed by atoms with Crippen LogP contribution in [0.1, 0.15) is 25.7 Å². The zero-order valence-corrected chi connectivity index (χ0v) is 10.1. The minimum Gasteiger partial charge on any atom is -0.748 e. The molecular weight excluding hydrogens is 213 g/mol. The Morgan fingerprint density at radius 1 is 1.23 bits per heavy atom. The average Bonchev–Trinajstić information content (AvgIpc) is 1.83. The summed E-state index contributed by atoms with van der Waals surface area (Å²) in [5.41, 5.74) is 0. The summed E-state index contributed by atoms with van der Waals surface area (Å²) in [5, 5.41) is -1.10. The summed E-state index contributed by atoms with van der Waals surface area (Å²) in [4.78, 5) is 0. The van der Waals surface area contributed by atoms with Gasteiger partial charge in [-0.15, -0.1) is 0 Å². The van der Waals surface area contributed by atoms with Crippen LogP contribution in [-0.4, -0.2) is 24.1 Å². The number of halogens is 2. The Kier molecular flexibility index (Phi) is 4.79. The molecule has 0 atom stereocenters. The smallest absolute Gasteiger partial charge is 0.748 e. The first-order valence-electron chi connectivity index (χ1n) is 3.64. The Morgan fingerprint density at radius 3 is 1.92 bits per heavy atom. The van der Waals surface area contributed by atoms with E-state index in [9.17, 15) is 21.8 Å². The van der Waals surface area contributed by atoms with Gasteiger partial charge in [0.1, 0.15) is 0 Å². The van der Waals surface area contributed by atoms with Crippen LogP contribution in [0.4, 0.5) is 8.78 Å². The van der Waals surface area contributed by atoms with E-state index < -0.39 is 34.1 Å². The molecule has 72 valence electrons. The molecule has 1 aliphatic rings. The van der Waals surface area contributed by atoms with Crippen LogP contribution in [0, 0.1) is 0 Å². The van der Waals surface area contributed by atoms with E-state index in [-0.39, 0.29) is 42.4 Å². The van der Waals surface area contributed by atoms with E-state index in [0.717, 1.165) is 0 Å². The van der Waals surface area contributed by atoms with Crippen molar-refractivity contribution in [3.05, 3.63) is 0 Å². The van der Waals surface area contributed by atoms with E-state index in [0.29, 0.717) is 0 Å². The minimum atomic E-state index is -4.36. The number of hydrogen-bond acceptors (Lipinski definition) is 3. The molecule has 1 fully saturated rings. The molecule has 0 radical (unpaired) electrons. The van der Waals surface area contributed by atoms with Crippen molar-refractivity contribution in [2.45, 2.75) is 36.9 Å². The summed E-state index contributed by atoms with van der Waals surface area (Å²) in [6.07, 6.45) is -1.39. The van der Waals surface area contributed by atoms with Crippen LogP contribution in [0.25, 0.3) is 0 Å². The van der Waals surface area contributed by atoms with Crippen LogP contribution in [0.2, 0.25) is 0 Å². The maximum Gasteiger partial charge on any atom is 1.00 e. The van der Waals surface area contributed by atoms with Gasteiger partial charge in [-0.05, 0) is 12.8 Å². The molecule has 7 heteroatoms. The second-order valence-corrected chi connectivity index (χ2v) is 4.70. The van der Waals surface area contributed by atoms with E-state index in [4.69, 9.17) is 0 Å². The predicted molar refractivity (Wildman–Crippen MR) is 36.9 cm³/mol. The molecule has 0 spiro atoms. The first-order chi connectivity index (χ1) is 5.31. The minimum absolute atomic E-state index is 0. The Hall–Kier alpha value is 0.770. The van der Waals surface area contributed by atoms with Gasteiger partial charge in [-0.1, -0.05) is 0 Å². The summed E-state index contributed by atoms with van der Waals surface area (Å²) in [6.45, 7) is 0. The van der Waals surface area contributed by atoms with Crippen molar-refractivity contribution in [3.63, 3.8) is 0 Å². The number of rotatable bonds is 1. The molecular formula is C6H9F2NaO3S. The van der Waals surface area contributed by atoms with Crippen molar-refractivity contribution in [3.8, 4) is 0 Å². The summed E-state index contributed by atoms with van der Waals surface area (Å²) in [5.74, 6) is -2.78. The monoisotopic (exact) mass is 222 g/mol. The molecule has 3 nitrogen and oxygen atoms in total. The zero-order valence-electron chi connectivity index (χ0n) is 7.29. The van der Waals surface area contributed by atoms with Gasteiger partial charge in [0, 0.05) is 18.1 Å². The molecule has 0 aromatic carbocycles. The SMILES string of the molecule is O=S(=O)([O-])C1CCC(F)(F)CC1.[Na+]. The van der Waals surface area contributed by atoms with Crippen molar-refractivity contribution in [1.29, 1.82) is 0 Å². The Morgan fingerprint density at radius 2 is 1.62 bits per heavy atom.